The Morgan fingerprint density at radius 2 is 2.08 bits per heavy atom. The molecule has 128 valence electrons. The average Bonchev–Trinajstić information content (AvgIpc) is 3.00. The number of unbranched alkanes of at least 4 members (excludes halogenated alkanes) is 1. The molecule has 0 aliphatic carbocycles. The van der Waals surface area contributed by atoms with Crippen LogP contribution in [0.5, 0.6) is 0 Å². The smallest absolute Gasteiger partial charge is 0.341 e. The van der Waals surface area contributed by atoms with Crippen LogP contribution in [0.1, 0.15) is 40.6 Å². The van der Waals surface area contributed by atoms with Crippen molar-refractivity contribution in [2.45, 2.75) is 19.8 Å². The zero-order chi connectivity index (χ0) is 17.6. The van der Waals surface area contributed by atoms with E-state index in [-0.39, 0.29) is 5.69 Å². The van der Waals surface area contributed by atoms with Crippen molar-refractivity contribution < 1.29 is 14.3 Å². The van der Waals surface area contributed by atoms with Gasteiger partial charge < -0.3 is 10.1 Å². The molecule has 0 aliphatic rings. The molecular weight excluding hydrogens is 338 g/mol. The molecule has 0 saturated heterocycles. The number of aromatic nitrogens is 2. The first-order valence-corrected chi connectivity index (χ1v) is 8.78. The van der Waals surface area contributed by atoms with Gasteiger partial charge in [-0.15, -0.1) is 11.3 Å². The second-order valence-electron chi connectivity index (χ2n) is 5.34. The highest BCUT2D eigenvalue weighted by Crippen LogP contribution is 2.36. The summed E-state index contributed by atoms with van der Waals surface area (Å²) in [6, 6.07) is 7.49. The number of nitrogens with zero attached hydrogens (tertiary/aromatic N) is 2. The molecule has 0 saturated carbocycles. The van der Waals surface area contributed by atoms with Crippen LogP contribution in [-0.2, 0) is 4.74 Å². The monoisotopic (exact) mass is 355 g/mol. The van der Waals surface area contributed by atoms with E-state index in [0.717, 1.165) is 22.9 Å². The Kier molecular flexibility index (Phi) is 5.35. The van der Waals surface area contributed by atoms with Crippen LogP contribution in [0, 0.1) is 0 Å². The van der Waals surface area contributed by atoms with E-state index in [1.165, 1.54) is 29.9 Å². The van der Waals surface area contributed by atoms with Crippen LogP contribution in [-0.4, -0.2) is 28.5 Å². The molecule has 0 aliphatic heterocycles. The van der Waals surface area contributed by atoms with Crippen molar-refractivity contribution in [2.75, 3.05) is 11.9 Å². The first-order valence-electron chi connectivity index (χ1n) is 7.96. The second-order valence-corrected chi connectivity index (χ2v) is 6.39. The number of carbonyl (C=O) groups excluding carboxylic acids is 2. The van der Waals surface area contributed by atoms with Gasteiger partial charge in [0.1, 0.15) is 16.3 Å². The lowest BCUT2D eigenvalue weighted by Gasteiger charge is -2.07. The van der Waals surface area contributed by atoms with Gasteiger partial charge in [-0.05, 0) is 12.5 Å². The zero-order valence-corrected chi connectivity index (χ0v) is 14.5. The number of carbonyl (C=O) groups is 2. The molecule has 2 aromatic heterocycles. The summed E-state index contributed by atoms with van der Waals surface area (Å²) >= 11 is 1.33. The molecule has 0 fully saturated rings. The predicted molar refractivity (Wildman–Crippen MR) is 97.0 cm³/mol. The highest BCUT2D eigenvalue weighted by atomic mass is 32.1. The number of rotatable bonds is 6. The molecule has 1 amide bonds. The van der Waals surface area contributed by atoms with Gasteiger partial charge in [-0.25, -0.2) is 9.78 Å². The van der Waals surface area contributed by atoms with Crippen molar-refractivity contribution in [3.63, 3.8) is 0 Å². The molecule has 0 bridgehead atoms. The molecule has 1 N–H and O–H groups in total. The SMILES string of the molecule is CCCCOC(=O)c1c(NC(=O)c2cnccn2)sc2ccccc12. The summed E-state index contributed by atoms with van der Waals surface area (Å²) in [5.41, 5.74) is 0.569. The van der Waals surface area contributed by atoms with Crippen LogP contribution in [0.2, 0.25) is 0 Å². The quantitative estimate of drug-likeness (QED) is 0.536. The summed E-state index contributed by atoms with van der Waals surface area (Å²) in [6.45, 7) is 2.39. The highest BCUT2D eigenvalue weighted by Gasteiger charge is 2.22. The van der Waals surface area contributed by atoms with E-state index in [0.29, 0.717) is 17.2 Å². The van der Waals surface area contributed by atoms with Crippen LogP contribution in [0.25, 0.3) is 10.1 Å². The third-order valence-electron chi connectivity index (χ3n) is 3.55. The number of benzene rings is 1. The summed E-state index contributed by atoms with van der Waals surface area (Å²) in [4.78, 5) is 32.8. The van der Waals surface area contributed by atoms with E-state index in [4.69, 9.17) is 4.74 Å². The standard InChI is InChI=1S/C18H17N3O3S/c1-2-3-10-24-18(23)15-12-6-4-5-7-14(12)25-17(15)21-16(22)13-11-19-8-9-20-13/h4-9,11H,2-3,10H2,1H3,(H,21,22). The van der Waals surface area contributed by atoms with Crippen molar-refractivity contribution in [1.82, 2.24) is 9.97 Å². The first kappa shape index (κ1) is 17.0. The van der Waals surface area contributed by atoms with Crippen molar-refractivity contribution in [2.24, 2.45) is 0 Å². The Morgan fingerprint density at radius 1 is 1.24 bits per heavy atom. The van der Waals surface area contributed by atoms with Gasteiger partial charge in [-0.1, -0.05) is 31.5 Å². The van der Waals surface area contributed by atoms with E-state index in [1.54, 1.807) is 0 Å². The van der Waals surface area contributed by atoms with Crippen molar-refractivity contribution in [1.29, 1.82) is 0 Å². The molecule has 0 atom stereocenters. The molecule has 1 aromatic carbocycles. The van der Waals surface area contributed by atoms with Gasteiger partial charge in [0.25, 0.3) is 5.91 Å². The van der Waals surface area contributed by atoms with E-state index < -0.39 is 11.9 Å². The number of thiophene rings is 1. The Balaban J connectivity index is 1.92. The van der Waals surface area contributed by atoms with Crippen LogP contribution >= 0.6 is 11.3 Å². The van der Waals surface area contributed by atoms with E-state index in [2.05, 4.69) is 15.3 Å². The lowest BCUT2D eigenvalue weighted by molar-refractivity contribution is 0.0503. The summed E-state index contributed by atoms with van der Waals surface area (Å²) in [5, 5.41) is 3.99. The molecule has 0 unspecified atom stereocenters. The van der Waals surface area contributed by atoms with Gasteiger partial charge in [0.2, 0.25) is 0 Å². The summed E-state index contributed by atoms with van der Waals surface area (Å²) in [7, 11) is 0. The number of ether oxygens (including phenoxy) is 1. The van der Waals surface area contributed by atoms with Gasteiger partial charge in [-0.3, -0.25) is 9.78 Å². The topological polar surface area (TPSA) is 81.2 Å². The molecule has 7 heteroatoms. The number of hydrogen-bond acceptors (Lipinski definition) is 6. The minimum Gasteiger partial charge on any atom is -0.462 e. The summed E-state index contributed by atoms with van der Waals surface area (Å²) in [5.74, 6) is -0.845. The number of nitrogens with one attached hydrogen (secondary N) is 1. The lowest BCUT2D eigenvalue weighted by atomic mass is 10.1. The maximum Gasteiger partial charge on any atom is 0.341 e. The van der Waals surface area contributed by atoms with Crippen LogP contribution in [0.15, 0.2) is 42.9 Å². The third-order valence-corrected chi connectivity index (χ3v) is 4.64. The van der Waals surface area contributed by atoms with Crippen LogP contribution in [0.3, 0.4) is 0 Å². The molecule has 0 radical (unpaired) electrons. The van der Waals surface area contributed by atoms with Crippen LogP contribution in [0.4, 0.5) is 5.00 Å². The second kappa shape index (κ2) is 7.85. The molecule has 0 spiro atoms. The van der Waals surface area contributed by atoms with Crippen molar-refractivity contribution >= 4 is 38.3 Å². The number of amides is 1. The fourth-order valence-corrected chi connectivity index (χ4v) is 3.39. The molecular formula is C18H17N3O3S. The largest absolute Gasteiger partial charge is 0.462 e. The third kappa shape index (κ3) is 3.83. The fourth-order valence-electron chi connectivity index (χ4n) is 2.30. The summed E-state index contributed by atoms with van der Waals surface area (Å²) in [6.07, 6.45) is 6.05. The average molecular weight is 355 g/mol. The molecule has 6 nitrogen and oxygen atoms in total. The fraction of sp³-hybridized carbons (Fsp3) is 0.222. The number of fused-ring (bicyclic) bond motifs is 1. The molecule has 3 rings (SSSR count). The lowest BCUT2D eigenvalue weighted by Crippen LogP contribution is -2.16. The van der Waals surface area contributed by atoms with E-state index >= 15 is 0 Å². The maximum atomic E-state index is 12.5. The highest BCUT2D eigenvalue weighted by molar-refractivity contribution is 7.23. The predicted octanol–water partition coefficient (Wildman–Crippen LogP) is 3.90. The van der Waals surface area contributed by atoms with Gasteiger partial charge in [-0.2, -0.15) is 0 Å². The number of esters is 1. The van der Waals surface area contributed by atoms with Crippen molar-refractivity contribution in [3.8, 4) is 0 Å². The van der Waals surface area contributed by atoms with Gasteiger partial charge >= 0.3 is 5.97 Å². The maximum absolute atomic E-state index is 12.5. The van der Waals surface area contributed by atoms with Gasteiger partial charge in [0, 0.05) is 22.5 Å². The minimum atomic E-state index is -0.430. The van der Waals surface area contributed by atoms with E-state index in [1.807, 2.05) is 31.2 Å². The zero-order valence-electron chi connectivity index (χ0n) is 13.7. The molecule has 2 heterocycles. The number of hydrogen-bond donors (Lipinski definition) is 1. The number of anilines is 1. The minimum absolute atomic E-state index is 0.185. The van der Waals surface area contributed by atoms with Crippen molar-refractivity contribution in [3.05, 3.63) is 54.1 Å². The van der Waals surface area contributed by atoms with Crippen LogP contribution < -0.4 is 5.32 Å². The Hall–Kier alpha value is -2.80. The molecule has 3 aromatic rings. The Bertz CT molecular complexity index is 893. The summed E-state index contributed by atoms with van der Waals surface area (Å²) < 4.78 is 6.25. The normalized spacial score (nSPS) is 10.6. The van der Waals surface area contributed by atoms with Gasteiger partial charge in [0.05, 0.1) is 12.8 Å². The molecule has 25 heavy (non-hydrogen) atoms. The first-order chi connectivity index (χ1) is 12.2. The Labute approximate surface area is 148 Å². The Morgan fingerprint density at radius 3 is 2.84 bits per heavy atom. The van der Waals surface area contributed by atoms with E-state index in [9.17, 15) is 9.59 Å². The van der Waals surface area contributed by atoms with Gasteiger partial charge in [0.15, 0.2) is 0 Å².